The number of carboxylic acids is 1. The minimum absolute atomic E-state index is 0.467. The third-order valence-corrected chi connectivity index (χ3v) is 3.82. The van der Waals surface area contributed by atoms with Crippen LogP contribution < -0.4 is 10.1 Å². The summed E-state index contributed by atoms with van der Waals surface area (Å²) >= 11 is 0. The fraction of sp³-hybridized carbons (Fsp3) is 0.350. The molecule has 2 rings (SSSR count). The van der Waals surface area contributed by atoms with Gasteiger partial charge in [-0.25, -0.2) is 0 Å². The first-order chi connectivity index (χ1) is 11.7. The van der Waals surface area contributed by atoms with E-state index in [9.17, 15) is 9.90 Å². The summed E-state index contributed by atoms with van der Waals surface area (Å²) in [6.07, 6.45) is 2.62. The number of rotatable bonds is 10. The molecule has 1 atom stereocenters. The van der Waals surface area contributed by atoms with E-state index in [0.29, 0.717) is 13.0 Å². The van der Waals surface area contributed by atoms with Crippen LogP contribution in [0.1, 0.15) is 30.9 Å². The minimum atomic E-state index is -0.835. The highest BCUT2D eigenvalue weighted by molar-refractivity contribution is 5.73. The fourth-order valence-electron chi connectivity index (χ4n) is 2.38. The van der Waals surface area contributed by atoms with Gasteiger partial charge < -0.3 is 15.2 Å². The third kappa shape index (κ3) is 6.05. The largest absolute Gasteiger partial charge is 0.494 e. The molecule has 0 radical (unpaired) electrons. The zero-order valence-corrected chi connectivity index (χ0v) is 14.1. The summed E-state index contributed by atoms with van der Waals surface area (Å²) in [6, 6.07) is 16.9. The molecule has 0 aromatic heterocycles. The van der Waals surface area contributed by atoms with Crippen molar-refractivity contribution in [1.82, 2.24) is 5.32 Å². The van der Waals surface area contributed by atoms with E-state index in [4.69, 9.17) is 4.74 Å². The smallest absolute Gasteiger partial charge is 0.321 e. The maximum atomic E-state index is 11.4. The molecular weight excluding hydrogens is 302 g/mol. The van der Waals surface area contributed by atoms with Gasteiger partial charge in [0.1, 0.15) is 11.8 Å². The van der Waals surface area contributed by atoms with Crippen LogP contribution in [0.2, 0.25) is 0 Å². The van der Waals surface area contributed by atoms with Gasteiger partial charge in [-0.05, 0) is 36.1 Å². The average molecular weight is 327 g/mol. The second-order valence-electron chi connectivity index (χ2n) is 5.81. The molecule has 0 fully saturated rings. The van der Waals surface area contributed by atoms with E-state index >= 15 is 0 Å². The van der Waals surface area contributed by atoms with Crippen LogP contribution in [0.5, 0.6) is 5.75 Å². The molecule has 4 heteroatoms. The molecule has 24 heavy (non-hydrogen) atoms. The van der Waals surface area contributed by atoms with Crippen molar-refractivity contribution < 1.29 is 14.6 Å². The Morgan fingerprint density at radius 1 is 1.08 bits per heavy atom. The Balaban J connectivity index is 1.86. The molecule has 2 aromatic carbocycles. The van der Waals surface area contributed by atoms with E-state index in [1.165, 1.54) is 0 Å². The van der Waals surface area contributed by atoms with Gasteiger partial charge in [-0.15, -0.1) is 0 Å². The average Bonchev–Trinajstić information content (AvgIpc) is 2.60. The van der Waals surface area contributed by atoms with Crippen molar-refractivity contribution in [3.05, 3.63) is 65.7 Å². The molecule has 0 aliphatic rings. The predicted octanol–water partition coefficient (Wildman–Crippen LogP) is 3.65. The SMILES string of the molecule is CCCCOc1ccc(CN[C@H](Cc2ccccc2)C(=O)O)cc1. The lowest BCUT2D eigenvalue weighted by Gasteiger charge is -2.15. The molecule has 2 aromatic rings. The topological polar surface area (TPSA) is 58.6 Å². The molecular formula is C20H25NO3. The Hall–Kier alpha value is -2.33. The number of nitrogens with one attached hydrogen (secondary N) is 1. The first-order valence-corrected chi connectivity index (χ1v) is 8.41. The van der Waals surface area contributed by atoms with Crippen molar-refractivity contribution in [2.75, 3.05) is 6.61 Å². The molecule has 128 valence electrons. The van der Waals surface area contributed by atoms with Crippen LogP contribution in [0.25, 0.3) is 0 Å². The normalized spacial score (nSPS) is 11.9. The van der Waals surface area contributed by atoms with Gasteiger partial charge in [-0.2, -0.15) is 0 Å². The van der Waals surface area contributed by atoms with Crippen LogP contribution in [-0.4, -0.2) is 23.7 Å². The first kappa shape index (κ1) is 18.0. The van der Waals surface area contributed by atoms with Gasteiger partial charge in [-0.1, -0.05) is 55.8 Å². The predicted molar refractivity (Wildman–Crippen MR) is 95.3 cm³/mol. The number of ether oxygens (including phenoxy) is 1. The van der Waals surface area contributed by atoms with E-state index in [0.717, 1.165) is 36.3 Å². The maximum Gasteiger partial charge on any atom is 0.321 e. The third-order valence-electron chi connectivity index (χ3n) is 3.82. The lowest BCUT2D eigenvalue weighted by Crippen LogP contribution is -2.38. The Morgan fingerprint density at radius 3 is 2.42 bits per heavy atom. The van der Waals surface area contributed by atoms with Gasteiger partial charge >= 0.3 is 5.97 Å². The molecule has 0 amide bonds. The summed E-state index contributed by atoms with van der Waals surface area (Å²) in [4.78, 5) is 11.4. The van der Waals surface area contributed by atoms with Gasteiger partial charge in [0.15, 0.2) is 0 Å². The number of aliphatic carboxylic acids is 1. The van der Waals surface area contributed by atoms with Crippen LogP contribution in [0, 0.1) is 0 Å². The monoisotopic (exact) mass is 327 g/mol. The Kier molecular flexibility index (Phi) is 7.30. The highest BCUT2D eigenvalue weighted by atomic mass is 16.5. The lowest BCUT2D eigenvalue weighted by atomic mass is 10.1. The zero-order valence-electron chi connectivity index (χ0n) is 14.1. The van der Waals surface area contributed by atoms with Gasteiger partial charge in [0, 0.05) is 6.54 Å². The van der Waals surface area contributed by atoms with E-state index < -0.39 is 12.0 Å². The summed E-state index contributed by atoms with van der Waals surface area (Å²) in [5, 5.41) is 12.5. The maximum absolute atomic E-state index is 11.4. The fourth-order valence-corrected chi connectivity index (χ4v) is 2.38. The highest BCUT2D eigenvalue weighted by Gasteiger charge is 2.17. The van der Waals surface area contributed by atoms with Crippen molar-refractivity contribution in [3.8, 4) is 5.75 Å². The highest BCUT2D eigenvalue weighted by Crippen LogP contribution is 2.13. The molecule has 0 heterocycles. The van der Waals surface area contributed by atoms with Crippen molar-refractivity contribution in [3.63, 3.8) is 0 Å². The van der Waals surface area contributed by atoms with Gasteiger partial charge in [0.05, 0.1) is 6.61 Å². The number of carboxylic acid groups (broad SMARTS) is 1. The zero-order chi connectivity index (χ0) is 17.2. The van der Waals surface area contributed by atoms with Crippen LogP contribution in [-0.2, 0) is 17.8 Å². The Morgan fingerprint density at radius 2 is 1.79 bits per heavy atom. The van der Waals surface area contributed by atoms with Gasteiger partial charge in [0.2, 0.25) is 0 Å². The molecule has 0 bridgehead atoms. The van der Waals surface area contributed by atoms with Crippen LogP contribution in [0.4, 0.5) is 0 Å². The molecule has 0 saturated carbocycles. The van der Waals surface area contributed by atoms with Gasteiger partial charge in [0.25, 0.3) is 0 Å². The molecule has 4 nitrogen and oxygen atoms in total. The summed E-state index contributed by atoms with van der Waals surface area (Å²) in [5.74, 6) is 0.0182. The second-order valence-corrected chi connectivity index (χ2v) is 5.81. The van der Waals surface area contributed by atoms with Crippen LogP contribution in [0.3, 0.4) is 0 Å². The molecule has 0 aliphatic heterocycles. The number of benzene rings is 2. The number of hydrogen-bond acceptors (Lipinski definition) is 3. The molecule has 0 spiro atoms. The van der Waals surface area contributed by atoms with E-state index in [-0.39, 0.29) is 0 Å². The van der Waals surface area contributed by atoms with Gasteiger partial charge in [-0.3, -0.25) is 4.79 Å². The van der Waals surface area contributed by atoms with Crippen LogP contribution >= 0.6 is 0 Å². The molecule has 0 unspecified atom stereocenters. The quantitative estimate of drug-likeness (QED) is 0.654. The van der Waals surface area contributed by atoms with Crippen molar-refractivity contribution in [2.45, 2.75) is 38.8 Å². The standard InChI is InChI=1S/C20H25NO3/c1-2-3-13-24-18-11-9-17(10-12-18)15-21-19(20(22)23)14-16-7-5-4-6-8-16/h4-12,19,21H,2-3,13-15H2,1H3,(H,22,23)/t19-/m1/s1. The summed E-state index contributed by atoms with van der Waals surface area (Å²) in [7, 11) is 0. The summed E-state index contributed by atoms with van der Waals surface area (Å²) in [6.45, 7) is 3.37. The number of hydrogen-bond donors (Lipinski definition) is 2. The second kappa shape index (κ2) is 9.73. The minimum Gasteiger partial charge on any atom is -0.494 e. The van der Waals surface area contributed by atoms with Crippen molar-refractivity contribution in [1.29, 1.82) is 0 Å². The summed E-state index contributed by atoms with van der Waals surface area (Å²) in [5.41, 5.74) is 2.05. The molecule has 2 N–H and O–H groups in total. The van der Waals surface area contributed by atoms with E-state index in [1.54, 1.807) is 0 Å². The number of carbonyl (C=O) groups is 1. The van der Waals surface area contributed by atoms with E-state index in [2.05, 4.69) is 12.2 Å². The lowest BCUT2D eigenvalue weighted by molar-refractivity contribution is -0.139. The molecule has 0 saturated heterocycles. The number of unbranched alkanes of at least 4 members (excludes halogenated alkanes) is 1. The van der Waals surface area contributed by atoms with Crippen LogP contribution in [0.15, 0.2) is 54.6 Å². The molecule has 0 aliphatic carbocycles. The Bertz CT molecular complexity index is 611. The first-order valence-electron chi connectivity index (χ1n) is 8.41. The van der Waals surface area contributed by atoms with Crippen molar-refractivity contribution >= 4 is 5.97 Å². The summed E-state index contributed by atoms with van der Waals surface area (Å²) < 4.78 is 5.63. The van der Waals surface area contributed by atoms with E-state index in [1.807, 2.05) is 54.6 Å². The van der Waals surface area contributed by atoms with Crippen molar-refractivity contribution in [2.24, 2.45) is 0 Å². The Labute approximate surface area is 143 Å².